The second kappa shape index (κ2) is 1.89. The molecule has 5 heteroatoms. The Morgan fingerprint density at radius 3 is 2.78 bits per heavy atom. The first kappa shape index (κ1) is 6.38. The Balaban J connectivity index is 2.78. The second-order valence-electron chi connectivity index (χ2n) is 1.70. The van der Waals surface area contributed by atoms with Crippen LogP contribution in [0.15, 0.2) is 17.3 Å². The van der Waals surface area contributed by atoms with Crippen LogP contribution in [0, 0.1) is 0 Å². The summed E-state index contributed by atoms with van der Waals surface area (Å²) in [5, 5.41) is 1.46. The topological polar surface area (TPSA) is 76.4 Å². The molecule has 0 bridgehead atoms. The maximum atomic E-state index is 5.55. The van der Waals surface area contributed by atoms with Crippen molar-refractivity contribution in [3.63, 3.8) is 0 Å². The van der Waals surface area contributed by atoms with Crippen molar-refractivity contribution in [1.82, 2.24) is 5.32 Å². The lowest BCUT2D eigenvalue weighted by Gasteiger charge is -2.16. The molecule has 0 saturated heterocycles. The quantitative estimate of drug-likeness (QED) is 0.312. The molecule has 1 atom stereocenters. The van der Waals surface area contributed by atoms with Crippen LogP contribution in [-0.4, -0.2) is 11.1 Å². The van der Waals surface area contributed by atoms with Crippen molar-refractivity contribution in [3.05, 3.63) is 12.3 Å². The van der Waals surface area contributed by atoms with E-state index in [0.29, 0.717) is 0 Å². The lowest BCUT2D eigenvalue weighted by molar-refractivity contribution is 0.758. The van der Waals surface area contributed by atoms with E-state index in [-0.39, 0.29) is 5.96 Å². The number of guanidine groups is 1. The van der Waals surface area contributed by atoms with Crippen LogP contribution in [0.4, 0.5) is 0 Å². The van der Waals surface area contributed by atoms with Crippen LogP contribution < -0.4 is 16.8 Å². The van der Waals surface area contributed by atoms with Gasteiger partial charge in [-0.25, -0.2) is 4.99 Å². The largest absolute Gasteiger partial charge is 0.370 e. The Bertz CT molecular complexity index is 171. The molecule has 1 heterocycles. The minimum absolute atomic E-state index is 0.231. The molecule has 0 radical (unpaired) electrons. The minimum Gasteiger partial charge on any atom is -0.370 e. The Labute approximate surface area is 57.6 Å². The fourth-order valence-electron chi connectivity index (χ4n) is 0.498. The Morgan fingerprint density at radius 1 is 1.78 bits per heavy atom. The van der Waals surface area contributed by atoms with Crippen LogP contribution >= 0.6 is 11.6 Å². The van der Waals surface area contributed by atoms with E-state index in [2.05, 4.69) is 10.3 Å². The van der Waals surface area contributed by atoms with Crippen molar-refractivity contribution in [1.29, 1.82) is 0 Å². The summed E-state index contributed by atoms with van der Waals surface area (Å²) in [6.45, 7) is 0. The summed E-state index contributed by atoms with van der Waals surface area (Å²) in [5.74, 6) is 0.231. The fraction of sp³-hybridized carbons (Fsp3) is 0.250. The van der Waals surface area contributed by atoms with Gasteiger partial charge in [0.15, 0.2) is 5.96 Å². The lowest BCUT2D eigenvalue weighted by atomic mass is 10.4. The molecule has 1 aliphatic heterocycles. The van der Waals surface area contributed by atoms with Crippen molar-refractivity contribution in [2.24, 2.45) is 16.5 Å². The van der Waals surface area contributed by atoms with Gasteiger partial charge >= 0.3 is 0 Å². The average Bonchev–Trinajstić information content (AvgIpc) is 1.60. The first-order valence-corrected chi connectivity index (χ1v) is 2.75. The third-order valence-corrected chi connectivity index (χ3v) is 1.05. The predicted octanol–water partition coefficient (Wildman–Crippen LogP) is -0.731. The molecule has 0 spiro atoms. The summed E-state index contributed by atoms with van der Waals surface area (Å²) < 4.78 is 0. The normalized spacial score (nSPS) is 33.3. The molecule has 0 fully saturated rings. The van der Waals surface area contributed by atoms with Crippen LogP contribution in [0.2, 0.25) is 0 Å². The zero-order valence-electron chi connectivity index (χ0n) is 4.63. The van der Waals surface area contributed by atoms with E-state index in [1.165, 1.54) is 6.08 Å². The van der Waals surface area contributed by atoms with E-state index in [1.807, 2.05) is 0 Å². The molecule has 0 aromatic rings. The number of hydrogen-bond donors (Lipinski definition) is 3. The van der Waals surface area contributed by atoms with Crippen LogP contribution in [0.3, 0.4) is 0 Å². The van der Waals surface area contributed by atoms with Gasteiger partial charge in [0.1, 0.15) is 0 Å². The molecule has 50 valence electrons. The van der Waals surface area contributed by atoms with Crippen molar-refractivity contribution in [3.8, 4) is 0 Å². The summed E-state index contributed by atoms with van der Waals surface area (Å²) in [6.07, 6.45) is 3.06. The average molecular weight is 147 g/mol. The van der Waals surface area contributed by atoms with Crippen LogP contribution in [0.5, 0.6) is 0 Å². The van der Waals surface area contributed by atoms with E-state index in [4.69, 9.17) is 23.1 Å². The van der Waals surface area contributed by atoms with Gasteiger partial charge in [-0.15, -0.1) is 0 Å². The molecule has 0 amide bonds. The molecular weight excluding hydrogens is 140 g/mol. The highest BCUT2D eigenvalue weighted by molar-refractivity contribution is 6.25. The fourth-order valence-corrected chi connectivity index (χ4v) is 0.652. The van der Waals surface area contributed by atoms with Gasteiger partial charge in [-0.05, 0) is 6.08 Å². The van der Waals surface area contributed by atoms with Crippen molar-refractivity contribution in [2.75, 3.05) is 0 Å². The van der Waals surface area contributed by atoms with E-state index in [1.54, 1.807) is 6.20 Å². The van der Waals surface area contributed by atoms with Gasteiger partial charge in [0.2, 0.25) is 5.12 Å². The van der Waals surface area contributed by atoms with Gasteiger partial charge in [-0.1, -0.05) is 11.6 Å². The first-order chi connectivity index (χ1) is 4.10. The molecule has 1 rings (SSSR count). The summed E-state index contributed by atoms with van der Waals surface area (Å²) >= 11 is 5.55. The molecule has 0 aromatic heterocycles. The summed E-state index contributed by atoms with van der Waals surface area (Å²) in [5.41, 5.74) is 10.6. The number of aliphatic imine (C=N–C) groups is 1. The van der Waals surface area contributed by atoms with Gasteiger partial charge in [0.05, 0.1) is 0 Å². The summed E-state index contributed by atoms with van der Waals surface area (Å²) in [4.78, 5) is 3.65. The maximum Gasteiger partial charge on any atom is 0.208 e. The van der Waals surface area contributed by atoms with Crippen LogP contribution in [-0.2, 0) is 0 Å². The van der Waals surface area contributed by atoms with Gasteiger partial charge in [-0.3, -0.25) is 5.73 Å². The minimum atomic E-state index is -1.16. The Morgan fingerprint density at radius 2 is 2.44 bits per heavy atom. The smallest absolute Gasteiger partial charge is 0.208 e. The Hall–Kier alpha value is -0.740. The number of rotatable bonds is 0. The highest BCUT2D eigenvalue weighted by atomic mass is 35.5. The van der Waals surface area contributed by atoms with Crippen molar-refractivity contribution in [2.45, 2.75) is 5.12 Å². The van der Waals surface area contributed by atoms with Gasteiger partial charge < -0.3 is 11.1 Å². The first-order valence-electron chi connectivity index (χ1n) is 2.37. The highest BCUT2D eigenvalue weighted by Crippen LogP contribution is 2.11. The standard InChI is InChI=1S/C4H7ClN4/c5-4(7)1-2-8-3(6)9-4/h1-2H,7H2,(H3,6,8,9). The van der Waals surface area contributed by atoms with Gasteiger partial charge in [0, 0.05) is 6.20 Å². The SMILES string of the molecule is NC1=NC(N)(Cl)C=CN1. The number of nitrogens with two attached hydrogens (primary N) is 2. The third-order valence-electron chi connectivity index (χ3n) is 0.840. The molecule has 5 N–H and O–H groups in total. The molecule has 4 nitrogen and oxygen atoms in total. The number of halogens is 1. The van der Waals surface area contributed by atoms with E-state index in [0.717, 1.165) is 0 Å². The lowest BCUT2D eigenvalue weighted by Crippen LogP contribution is -2.40. The van der Waals surface area contributed by atoms with E-state index < -0.39 is 5.12 Å². The third kappa shape index (κ3) is 1.58. The molecular formula is C4H7ClN4. The van der Waals surface area contributed by atoms with E-state index >= 15 is 0 Å². The zero-order valence-corrected chi connectivity index (χ0v) is 5.39. The highest BCUT2D eigenvalue weighted by Gasteiger charge is 2.18. The molecule has 9 heavy (non-hydrogen) atoms. The number of alkyl halides is 1. The van der Waals surface area contributed by atoms with Crippen molar-refractivity contribution < 1.29 is 0 Å². The summed E-state index contributed by atoms with van der Waals surface area (Å²) in [7, 11) is 0. The zero-order chi connectivity index (χ0) is 6.91. The van der Waals surface area contributed by atoms with Crippen LogP contribution in [0.1, 0.15) is 0 Å². The van der Waals surface area contributed by atoms with Gasteiger partial charge in [0.25, 0.3) is 0 Å². The molecule has 0 aliphatic carbocycles. The van der Waals surface area contributed by atoms with Crippen molar-refractivity contribution >= 4 is 17.6 Å². The monoisotopic (exact) mass is 146 g/mol. The number of nitrogens with zero attached hydrogens (tertiary/aromatic N) is 1. The van der Waals surface area contributed by atoms with E-state index in [9.17, 15) is 0 Å². The van der Waals surface area contributed by atoms with Gasteiger partial charge in [-0.2, -0.15) is 0 Å². The molecule has 0 saturated carbocycles. The molecule has 1 unspecified atom stereocenters. The maximum absolute atomic E-state index is 5.55. The number of nitrogens with one attached hydrogen (secondary N) is 1. The second-order valence-corrected chi connectivity index (χ2v) is 2.31. The van der Waals surface area contributed by atoms with Crippen LogP contribution in [0.25, 0.3) is 0 Å². The molecule has 1 aliphatic rings. The number of hydrogen-bond acceptors (Lipinski definition) is 4. The molecule has 0 aromatic carbocycles. The Kier molecular flexibility index (Phi) is 1.34. The summed E-state index contributed by atoms with van der Waals surface area (Å²) in [6, 6.07) is 0. The predicted molar refractivity (Wildman–Crippen MR) is 36.7 cm³/mol.